The van der Waals surface area contributed by atoms with Crippen LogP contribution < -0.4 is 4.74 Å². The van der Waals surface area contributed by atoms with E-state index in [1.54, 1.807) is 7.11 Å². The third-order valence-electron chi connectivity index (χ3n) is 4.66. The standard InChI is InChI=1S/C18H26N2O2/c1-12-6-13(2)10-20(9-12)11-18(21)16-8-19-17-5-4-14(22-3)7-15(16)17/h4-5,7-8,12-13,18-19,21H,6,9-11H2,1-3H3/t12-,13-,18+/m1/s1. The van der Waals surface area contributed by atoms with Gasteiger partial charge in [0.05, 0.1) is 13.2 Å². The number of nitrogens with one attached hydrogen (secondary N) is 1. The molecule has 1 saturated heterocycles. The number of nitrogens with zero attached hydrogens (tertiary/aromatic N) is 1. The summed E-state index contributed by atoms with van der Waals surface area (Å²) in [6.07, 6.45) is 2.74. The molecule has 4 heteroatoms. The summed E-state index contributed by atoms with van der Waals surface area (Å²) in [6, 6.07) is 5.92. The number of H-pyrrole nitrogens is 1. The summed E-state index contributed by atoms with van der Waals surface area (Å²) >= 11 is 0. The Labute approximate surface area is 132 Å². The lowest BCUT2D eigenvalue weighted by atomic mass is 9.91. The number of fused-ring (bicyclic) bond motifs is 1. The maximum atomic E-state index is 10.7. The van der Waals surface area contributed by atoms with Crippen LogP contribution in [0, 0.1) is 11.8 Å². The van der Waals surface area contributed by atoms with Crippen molar-refractivity contribution in [3.05, 3.63) is 30.0 Å². The zero-order valence-electron chi connectivity index (χ0n) is 13.7. The summed E-state index contributed by atoms with van der Waals surface area (Å²) < 4.78 is 5.30. The molecule has 1 aromatic heterocycles. The van der Waals surface area contributed by atoms with E-state index < -0.39 is 6.10 Å². The highest BCUT2D eigenvalue weighted by Gasteiger charge is 2.24. The molecule has 2 aromatic rings. The summed E-state index contributed by atoms with van der Waals surface area (Å²) in [4.78, 5) is 5.63. The van der Waals surface area contributed by atoms with Crippen molar-refractivity contribution in [1.29, 1.82) is 0 Å². The van der Waals surface area contributed by atoms with Crippen molar-refractivity contribution >= 4 is 10.9 Å². The first-order valence-corrected chi connectivity index (χ1v) is 8.12. The van der Waals surface area contributed by atoms with Crippen molar-refractivity contribution in [3.8, 4) is 5.75 Å². The minimum Gasteiger partial charge on any atom is -0.497 e. The SMILES string of the molecule is COc1ccc2[nH]cc([C@@H](O)CN3C[C@H](C)C[C@@H](C)C3)c2c1. The molecular weight excluding hydrogens is 276 g/mol. The molecule has 0 saturated carbocycles. The van der Waals surface area contributed by atoms with Gasteiger partial charge in [0.1, 0.15) is 5.75 Å². The normalized spacial score (nSPS) is 24.5. The smallest absolute Gasteiger partial charge is 0.119 e. The number of hydrogen-bond acceptors (Lipinski definition) is 3. The Bertz CT molecular complexity index is 627. The van der Waals surface area contributed by atoms with E-state index in [4.69, 9.17) is 4.74 Å². The van der Waals surface area contributed by atoms with Crippen molar-refractivity contribution < 1.29 is 9.84 Å². The van der Waals surface area contributed by atoms with Gasteiger partial charge in [-0.25, -0.2) is 0 Å². The maximum Gasteiger partial charge on any atom is 0.119 e. The number of hydrogen-bond donors (Lipinski definition) is 2. The second-order valence-electron chi connectivity index (χ2n) is 6.84. The largest absolute Gasteiger partial charge is 0.497 e. The summed E-state index contributed by atoms with van der Waals surface area (Å²) in [5.41, 5.74) is 2.00. The molecule has 2 N–H and O–H groups in total. The van der Waals surface area contributed by atoms with Gasteiger partial charge in [0.15, 0.2) is 0 Å². The summed E-state index contributed by atoms with van der Waals surface area (Å²) in [6.45, 7) is 7.44. The Balaban J connectivity index is 1.78. The molecule has 0 spiro atoms. The van der Waals surface area contributed by atoms with Crippen molar-refractivity contribution in [1.82, 2.24) is 9.88 Å². The molecular formula is C18H26N2O2. The van der Waals surface area contributed by atoms with Crippen LogP contribution in [0.5, 0.6) is 5.75 Å². The van der Waals surface area contributed by atoms with Crippen LogP contribution in [0.4, 0.5) is 0 Å². The van der Waals surface area contributed by atoms with E-state index in [2.05, 4.69) is 23.7 Å². The summed E-state index contributed by atoms with van der Waals surface area (Å²) in [7, 11) is 1.67. The minimum atomic E-state index is -0.474. The van der Waals surface area contributed by atoms with Crippen LogP contribution in [0.2, 0.25) is 0 Å². The fraction of sp³-hybridized carbons (Fsp3) is 0.556. The number of rotatable bonds is 4. The van der Waals surface area contributed by atoms with Gasteiger partial charge in [-0.05, 0) is 36.5 Å². The molecule has 0 radical (unpaired) electrons. The molecule has 2 heterocycles. The molecule has 1 aliphatic rings. The Morgan fingerprint density at radius 3 is 2.73 bits per heavy atom. The zero-order chi connectivity index (χ0) is 15.7. The van der Waals surface area contributed by atoms with Crippen molar-refractivity contribution in [3.63, 3.8) is 0 Å². The van der Waals surface area contributed by atoms with E-state index in [9.17, 15) is 5.11 Å². The van der Waals surface area contributed by atoms with Crippen LogP contribution in [-0.2, 0) is 0 Å². The van der Waals surface area contributed by atoms with Crippen LogP contribution in [0.3, 0.4) is 0 Å². The molecule has 0 aliphatic carbocycles. The van der Waals surface area contributed by atoms with E-state index >= 15 is 0 Å². The van der Waals surface area contributed by atoms with Crippen LogP contribution in [-0.4, -0.2) is 41.7 Å². The number of aliphatic hydroxyl groups is 1. The number of aromatic nitrogens is 1. The number of aliphatic hydroxyl groups excluding tert-OH is 1. The number of ether oxygens (including phenoxy) is 1. The lowest BCUT2D eigenvalue weighted by Gasteiger charge is -2.36. The molecule has 1 aliphatic heterocycles. The third kappa shape index (κ3) is 3.13. The second kappa shape index (κ2) is 6.31. The zero-order valence-corrected chi connectivity index (χ0v) is 13.7. The van der Waals surface area contributed by atoms with Crippen LogP contribution in [0.15, 0.2) is 24.4 Å². The van der Waals surface area contributed by atoms with Crippen LogP contribution in [0.1, 0.15) is 31.9 Å². The number of likely N-dealkylation sites (tertiary alicyclic amines) is 1. The Hall–Kier alpha value is -1.52. The number of benzene rings is 1. The van der Waals surface area contributed by atoms with E-state index in [1.807, 2.05) is 24.4 Å². The molecule has 3 rings (SSSR count). The Kier molecular flexibility index (Phi) is 4.41. The van der Waals surface area contributed by atoms with E-state index in [0.29, 0.717) is 18.4 Å². The predicted octanol–water partition coefficient (Wildman–Crippen LogP) is 3.19. The Morgan fingerprint density at radius 1 is 1.32 bits per heavy atom. The monoisotopic (exact) mass is 302 g/mol. The number of piperidine rings is 1. The van der Waals surface area contributed by atoms with Crippen molar-refractivity contribution in [2.24, 2.45) is 11.8 Å². The fourth-order valence-corrected chi connectivity index (χ4v) is 3.81. The van der Waals surface area contributed by atoms with E-state index in [0.717, 1.165) is 35.3 Å². The maximum absolute atomic E-state index is 10.7. The first kappa shape index (κ1) is 15.4. The molecule has 0 bridgehead atoms. The van der Waals surface area contributed by atoms with Crippen LogP contribution >= 0.6 is 0 Å². The number of β-amino-alcohol motifs (C(OH)–C–C–N with tert-alkyl or cyclic N) is 1. The molecule has 0 unspecified atom stereocenters. The average molecular weight is 302 g/mol. The summed E-state index contributed by atoms with van der Waals surface area (Å²) in [5, 5.41) is 11.7. The first-order valence-electron chi connectivity index (χ1n) is 8.12. The van der Waals surface area contributed by atoms with Gasteiger partial charge in [-0.2, -0.15) is 0 Å². The van der Waals surface area contributed by atoms with Crippen molar-refractivity contribution in [2.75, 3.05) is 26.7 Å². The molecule has 0 amide bonds. The van der Waals surface area contributed by atoms with Gasteiger partial charge < -0.3 is 14.8 Å². The van der Waals surface area contributed by atoms with E-state index in [-0.39, 0.29) is 0 Å². The molecule has 4 nitrogen and oxygen atoms in total. The highest BCUT2D eigenvalue weighted by atomic mass is 16.5. The highest BCUT2D eigenvalue weighted by molar-refractivity contribution is 5.85. The lowest BCUT2D eigenvalue weighted by molar-refractivity contribution is 0.0706. The van der Waals surface area contributed by atoms with Gasteiger partial charge >= 0.3 is 0 Å². The third-order valence-corrected chi connectivity index (χ3v) is 4.66. The van der Waals surface area contributed by atoms with Gasteiger partial charge in [0.2, 0.25) is 0 Å². The fourth-order valence-electron chi connectivity index (χ4n) is 3.81. The molecule has 3 atom stereocenters. The molecule has 120 valence electrons. The van der Waals surface area contributed by atoms with E-state index in [1.165, 1.54) is 6.42 Å². The lowest BCUT2D eigenvalue weighted by Crippen LogP contribution is -2.40. The van der Waals surface area contributed by atoms with Gasteiger partial charge in [-0.1, -0.05) is 13.8 Å². The minimum absolute atomic E-state index is 0.474. The predicted molar refractivity (Wildman–Crippen MR) is 89.2 cm³/mol. The van der Waals surface area contributed by atoms with Gasteiger partial charge in [0.25, 0.3) is 0 Å². The first-order chi connectivity index (χ1) is 10.6. The Morgan fingerprint density at radius 2 is 2.05 bits per heavy atom. The van der Waals surface area contributed by atoms with Gasteiger partial charge in [-0.15, -0.1) is 0 Å². The molecule has 1 aromatic carbocycles. The van der Waals surface area contributed by atoms with Gasteiger partial charge in [-0.3, -0.25) is 4.90 Å². The van der Waals surface area contributed by atoms with Crippen molar-refractivity contribution in [2.45, 2.75) is 26.4 Å². The van der Waals surface area contributed by atoms with Crippen LogP contribution in [0.25, 0.3) is 10.9 Å². The number of aromatic amines is 1. The van der Waals surface area contributed by atoms with Gasteiger partial charge in [0, 0.05) is 42.3 Å². The quantitative estimate of drug-likeness (QED) is 0.912. The summed E-state index contributed by atoms with van der Waals surface area (Å²) in [5.74, 6) is 2.23. The number of methoxy groups -OCH3 is 1. The second-order valence-corrected chi connectivity index (χ2v) is 6.84. The topological polar surface area (TPSA) is 48.5 Å². The average Bonchev–Trinajstić information content (AvgIpc) is 2.88. The molecule has 22 heavy (non-hydrogen) atoms. The highest BCUT2D eigenvalue weighted by Crippen LogP contribution is 2.29. The molecule has 1 fully saturated rings.